The number of hydrogen-bond acceptors (Lipinski definition) is 4. The number of amides is 2. The normalized spacial score (nSPS) is 18.1. The topological polar surface area (TPSA) is 74.2 Å². The van der Waals surface area contributed by atoms with Crippen LogP contribution in [0.1, 0.15) is 37.2 Å². The third kappa shape index (κ3) is 3.20. The van der Waals surface area contributed by atoms with Crippen molar-refractivity contribution >= 4 is 17.4 Å². The zero-order valence-electron chi connectivity index (χ0n) is 10.5. The van der Waals surface area contributed by atoms with E-state index < -0.39 is 0 Å². The lowest BCUT2D eigenvalue weighted by molar-refractivity contribution is 0.202. The van der Waals surface area contributed by atoms with E-state index in [2.05, 4.69) is 15.6 Å². The average molecular weight is 269 g/mol. The number of carbonyl (C=O) groups excluding carboxylic acids is 1. The summed E-state index contributed by atoms with van der Waals surface area (Å²) >= 11 is 1.54. The lowest BCUT2D eigenvalue weighted by atomic mass is 10.1. The fourth-order valence-electron chi connectivity index (χ4n) is 1.79. The Hall–Kier alpha value is -1.14. The molecule has 1 heterocycles. The number of thiazole rings is 1. The monoisotopic (exact) mass is 269 g/mol. The largest absolute Gasteiger partial charge is 0.396 e. The van der Waals surface area contributed by atoms with E-state index in [1.807, 2.05) is 12.3 Å². The molecule has 3 N–H and O–H groups in total. The van der Waals surface area contributed by atoms with Crippen molar-refractivity contribution in [3.8, 4) is 0 Å². The van der Waals surface area contributed by atoms with Gasteiger partial charge < -0.3 is 15.7 Å². The lowest BCUT2D eigenvalue weighted by Gasteiger charge is -2.17. The maximum atomic E-state index is 11.8. The van der Waals surface area contributed by atoms with Crippen molar-refractivity contribution in [2.24, 2.45) is 5.41 Å². The Morgan fingerprint density at radius 2 is 2.44 bits per heavy atom. The van der Waals surface area contributed by atoms with Crippen LogP contribution in [0.3, 0.4) is 0 Å². The highest BCUT2D eigenvalue weighted by atomic mass is 32.1. The van der Waals surface area contributed by atoms with Crippen LogP contribution in [0.5, 0.6) is 0 Å². The molecule has 0 radical (unpaired) electrons. The predicted molar refractivity (Wildman–Crippen MR) is 70.4 cm³/mol. The number of hydrogen-bond donors (Lipinski definition) is 3. The van der Waals surface area contributed by atoms with E-state index in [1.165, 1.54) is 0 Å². The van der Waals surface area contributed by atoms with Crippen LogP contribution in [-0.2, 0) is 0 Å². The van der Waals surface area contributed by atoms with Gasteiger partial charge in [0, 0.05) is 23.5 Å². The molecule has 1 aliphatic rings. The van der Waals surface area contributed by atoms with E-state index in [1.54, 1.807) is 17.5 Å². The maximum Gasteiger partial charge on any atom is 0.315 e. The molecule has 1 aromatic rings. The van der Waals surface area contributed by atoms with Crippen molar-refractivity contribution in [3.05, 3.63) is 16.6 Å². The van der Waals surface area contributed by atoms with Crippen molar-refractivity contribution in [1.82, 2.24) is 15.6 Å². The molecule has 1 aliphatic carbocycles. The van der Waals surface area contributed by atoms with Crippen molar-refractivity contribution in [2.45, 2.75) is 32.2 Å². The standard InChI is InChI=1S/C12H19N3O2S/c1-2-9(10-13-5-6-18-10)15-11(17)14-7-12(8-16)3-4-12/h5-6,9,16H,2-4,7-8H2,1H3,(H2,14,15,17). The first kappa shape index (κ1) is 13.3. The molecule has 6 heteroatoms. The van der Waals surface area contributed by atoms with Gasteiger partial charge in [-0.25, -0.2) is 9.78 Å². The Balaban J connectivity index is 1.79. The van der Waals surface area contributed by atoms with Crippen molar-refractivity contribution in [1.29, 1.82) is 0 Å². The summed E-state index contributed by atoms with van der Waals surface area (Å²) in [5.41, 5.74) is -0.0553. The summed E-state index contributed by atoms with van der Waals surface area (Å²) in [6, 6.07) is -0.217. The van der Waals surface area contributed by atoms with Crippen molar-refractivity contribution in [2.75, 3.05) is 13.2 Å². The third-order valence-electron chi connectivity index (χ3n) is 3.38. The summed E-state index contributed by atoms with van der Waals surface area (Å²) in [7, 11) is 0. The van der Waals surface area contributed by atoms with E-state index in [4.69, 9.17) is 5.11 Å². The van der Waals surface area contributed by atoms with Crippen LogP contribution in [0.25, 0.3) is 0 Å². The highest BCUT2D eigenvalue weighted by Crippen LogP contribution is 2.44. The lowest BCUT2D eigenvalue weighted by Crippen LogP contribution is -2.41. The summed E-state index contributed by atoms with van der Waals surface area (Å²) < 4.78 is 0. The first-order chi connectivity index (χ1) is 8.69. The Morgan fingerprint density at radius 1 is 1.67 bits per heavy atom. The quantitative estimate of drug-likeness (QED) is 0.735. The van der Waals surface area contributed by atoms with Gasteiger partial charge in [-0.2, -0.15) is 0 Å². The van der Waals surface area contributed by atoms with Crippen LogP contribution < -0.4 is 10.6 Å². The van der Waals surface area contributed by atoms with Crippen LogP contribution in [0, 0.1) is 5.41 Å². The van der Waals surface area contributed by atoms with Gasteiger partial charge in [0.15, 0.2) is 0 Å². The number of aliphatic hydroxyl groups excluding tert-OH is 1. The van der Waals surface area contributed by atoms with Gasteiger partial charge in [-0.1, -0.05) is 6.92 Å². The zero-order valence-corrected chi connectivity index (χ0v) is 11.3. The molecule has 0 saturated heterocycles. The number of aliphatic hydroxyl groups is 1. The molecule has 100 valence electrons. The molecule has 0 bridgehead atoms. The minimum atomic E-state index is -0.184. The van der Waals surface area contributed by atoms with Gasteiger partial charge in [-0.05, 0) is 19.3 Å². The first-order valence-corrected chi connectivity index (χ1v) is 7.12. The number of nitrogens with zero attached hydrogens (tertiary/aromatic N) is 1. The molecule has 0 aromatic carbocycles. The molecule has 0 aliphatic heterocycles. The number of rotatable bonds is 6. The third-order valence-corrected chi connectivity index (χ3v) is 4.27. The molecule has 1 fully saturated rings. The fourth-order valence-corrected chi connectivity index (χ4v) is 2.56. The second-order valence-corrected chi connectivity index (χ2v) is 5.74. The van der Waals surface area contributed by atoms with Crippen LogP contribution in [0.2, 0.25) is 0 Å². The minimum absolute atomic E-state index is 0.0331. The number of urea groups is 1. The summed E-state index contributed by atoms with van der Waals surface area (Å²) in [5, 5.41) is 17.7. The molecule has 18 heavy (non-hydrogen) atoms. The van der Waals surface area contributed by atoms with E-state index in [0.29, 0.717) is 6.54 Å². The molecule has 1 unspecified atom stereocenters. The van der Waals surface area contributed by atoms with E-state index in [0.717, 1.165) is 24.3 Å². The molecule has 2 rings (SSSR count). The van der Waals surface area contributed by atoms with Crippen LogP contribution in [0.4, 0.5) is 4.79 Å². The van der Waals surface area contributed by atoms with Gasteiger partial charge >= 0.3 is 6.03 Å². The van der Waals surface area contributed by atoms with Gasteiger partial charge in [-0.15, -0.1) is 11.3 Å². The van der Waals surface area contributed by atoms with Crippen LogP contribution in [0.15, 0.2) is 11.6 Å². The smallest absolute Gasteiger partial charge is 0.315 e. The molecule has 5 nitrogen and oxygen atoms in total. The predicted octanol–water partition coefficient (Wildman–Crippen LogP) is 1.67. The highest BCUT2D eigenvalue weighted by molar-refractivity contribution is 7.09. The summed E-state index contributed by atoms with van der Waals surface area (Å²) in [5.74, 6) is 0. The maximum absolute atomic E-state index is 11.8. The minimum Gasteiger partial charge on any atom is -0.396 e. The molecular formula is C12H19N3O2S. The van der Waals surface area contributed by atoms with E-state index in [-0.39, 0.29) is 24.1 Å². The second-order valence-electron chi connectivity index (χ2n) is 4.82. The van der Waals surface area contributed by atoms with Crippen LogP contribution in [-0.4, -0.2) is 29.3 Å². The van der Waals surface area contributed by atoms with Gasteiger partial charge in [0.25, 0.3) is 0 Å². The average Bonchev–Trinajstić information content (AvgIpc) is 2.97. The molecular weight excluding hydrogens is 250 g/mol. The molecule has 2 amide bonds. The molecule has 1 aromatic heterocycles. The van der Waals surface area contributed by atoms with Crippen molar-refractivity contribution in [3.63, 3.8) is 0 Å². The fraction of sp³-hybridized carbons (Fsp3) is 0.667. The van der Waals surface area contributed by atoms with E-state index >= 15 is 0 Å². The summed E-state index contributed by atoms with van der Waals surface area (Å²) in [6.45, 7) is 2.71. The first-order valence-electron chi connectivity index (χ1n) is 6.24. The van der Waals surface area contributed by atoms with E-state index in [9.17, 15) is 4.79 Å². The van der Waals surface area contributed by atoms with Gasteiger partial charge in [-0.3, -0.25) is 0 Å². The number of nitrogens with one attached hydrogen (secondary N) is 2. The summed E-state index contributed by atoms with van der Waals surface area (Å²) in [6.07, 6.45) is 4.54. The zero-order chi connectivity index (χ0) is 13.0. The Labute approximate surface area is 111 Å². The van der Waals surface area contributed by atoms with Gasteiger partial charge in [0.1, 0.15) is 5.01 Å². The Morgan fingerprint density at radius 3 is 2.94 bits per heavy atom. The second kappa shape index (κ2) is 5.67. The van der Waals surface area contributed by atoms with Gasteiger partial charge in [0.2, 0.25) is 0 Å². The Kier molecular flexibility index (Phi) is 4.19. The molecule has 1 saturated carbocycles. The summed E-state index contributed by atoms with van der Waals surface area (Å²) in [4.78, 5) is 16.0. The Bertz CT molecular complexity index is 390. The molecule has 0 spiro atoms. The highest BCUT2D eigenvalue weighted by Gasteiger charge is 2.42. The van der Waals surface area contributed by atoms with Gasteiger partial charge in [0.05, 0.1) is 12.6 Å². The number of aromatic nitrogens is 1. The molecule has 1 atom stereocenters. The van der Waals surface area contributed by atoms with Crippen molar-refractivity contribution < 1.29 is 9.90 Å². The SMILES string of the molecule is CCC(NC(=O)NCC1(CO)CC1)c1nccs1. The number of carbonyl (C=O) groups is 1. The van der Waals surface area contributed by atoms with Crippen LogP contribution >= 0.6 is 11.3 Å².